The van der Waals surface area contributed by atoms with Crippen LogP contribution in [0.15, 0.2) is 170 Å². The number of carbonyl (C=O) groups is 2. The molecule has 0 spiro atoms. The highest BCUT2D eigenvalue weighted by Gasteiger charge is 2.30. The van der Waals surface area contributed by atoms with Crippen LogP contribution in [-0.2, 0) is 0 Å². The van der Waals surface area contributed by atoms with Crippen LogP contribution in [0.2, 0.25) is 10.0 Å². The van der Waals surface area contributed by atoms with E-state index >= 15 is 4.79 Å². The first-order valence-corrected chi connectivity index (χ1v) is 16.3. The Balaban J connectivity index is 1.63. The fourth-order valence-corrected chi connectivity index (χ4v) is 6.66. The molecule has 0 aliphatic carbocycles. The fourth-order valence-electron chi connectivity index (χ4n) is 6.25. The Morgan fingerprint density at radius 2 is 0.833 bits per heavy atom. The van der Waals surface area contributed by atoms with Gasteiger partial charge in [-0.05, 0) is 57.1 Å². The molecule has 0 heterocycles. The molecule has 48 heavy (non-hydrogen) atoms. The number of hydrogen-bond acceptors (Lipinski definition) is 2. The quantitative estimate of drug-likeness (QED) is 0.152. The molecule has 0 atom stereocenters. The molecular formula is C44H28Cl2O2. The van der Waals surface area contributed by atoms with Crippen LogP contribution in [0.1, 0.15) is 31.8 Å². The van der Waals surface area contributed by atoms with Crippen LogP contribution >= 0.6 is 23.2 Å². The molecule has 0 aliphatic rings. The molecule has 0 fully saturated rings. The summed E-state index contributed by atoms with van der Waals surface area (Å²) in [4.78, 5) is 29.3. The molecule has 0 aliphatic heterocycles. The predicted molar refractivity (Wildman–Crippen MR) is 198 cm³/mol. The largest absolute Gasteiger partial charge is 0.289 e. The molecule has 0 N–H and O–H groups in total. The van der Waals surface area contributed by atoms with Gasteiger partial charge in [0, 0.05) is 22.3 Å². The molecule has 7 aromatic rings. The number of rotatable bonds is 8. The highest BCUT2D eigenvalue weighted by atomic mass is 35.5. The normalized spacial score (nSPS) is 10.9. The zero-order valence-corrected chi connectivity index (χ0v) is 27.3. The van der Waals surface area contributed by atoms with Crippen LogP contribution in [0.3, 0.4) is 0 Å². The van der Waals surface area contributed by atoms with Gasteiger partial charge >= 0.3 is 0 Å². The second-order valence-electron chi connectivity index (χ2n) is 11.4. The van der Waals surface area contributed by atoms with E-state index in [9.17, 15) is 4.79 Å². The van der Waals surface area contributed by atoms with Crippen LogP contribution in [0, 0.1) is 0 Å². The first kappa shape index (κ1) is 31.1. The monoisotopic (exact) mass is 658 g/mol. The maximum absolute atomic E-state index is 15.3. The van der Waals surface area contributed by atoms with Gasteiger partial charge in [0.1, 0.15) is 0 Å². The van der Waals surface area contributed by atoms with Gasteiger partial charge in [-0.15, -0.1) is 0 Å². The van der Waals surface area contributed by atoms with Gasteiger partial charge in [0.15, 0.2) is 11.6 Å². The van der Waals surface area contributed by atoms with Crippen molar-refractivity contribution in [2.45, 2.75) is 0 Å². The molecule has 0 saturated heterocycles. The predicted octanol–water partition coefficient (Wildman–Crippen LogP) is 12.1. The van der Waals surface area contributed by atoms with Gasteiger partial charge in [0.2, 0.25) is 0 Å². The molecule has 7 aromatic carbocycles. The number of benzene rings is 7. The van der Waals surface area contributed by atoms with Crippen LogP contribution < -0.4 is 0 Å². The molecule has 0 aromatic heterocycles. The molecule has 2 nitrogen and oxygen atoms in total. The summed E-state index contributed by atoms with van der Waals surface area (Å²) < 4.78 is 0. The SMILES string of the molecule is O=C(c1ccccc1)c1ccc(Cl)c(Cl)c1C(=O)c1cc(-c2ccccc2)c(-c2ccccc2)c(-c2ccccc2)c1-c1ccccc1. The molecule has 0 bridgehead atoms. The van der Waals surface area contributed by atoms with Gasteiger partial charge in [-0.3, -0.25) is 9.59 Å². The van der Waals surface area contributed by atoms with Crippen LogP contribution in [0.4, 0.5) is 0 Å². The number of ketones is 2. The zero-order chi connectivity index (χ0) is 33.0. The molecule has 0 saturated carbocycles. The van der Waals surface area contributed by atoms with Crippen LogP contribution in [0.25, 0.3) is 44.5 Å². The summed E-state index contributed by atoms with van der Waals surface area (Å²) in [5, 5.41) is 0.232. The average molecular weight is 660 g/mol. The Morgan fingerprint density at radius 3 is 1.35 bits per heavy atom. The third-order valence-corrected chi connectivity index (χ3v) is 9.25. The molecule has 230 valence electrons. The van der Waals surface area contributed by atoms with Crippen molar-refractivity contribution in [2.75, 3.05) is 0 Å². The first-order valence-electron chi connectivity index (χ1n) is 15.6. The van der Waals surface area contributed by atoms with Gasteiger partial charge in [-0.2, -0.15) is 0 Å². The van der Waals surface area contributed by atoms with E-state index in [1.807, 2.05) is 109 Å². The molecular weight excluding hydrogens is 631 g/mol. The molecule has 0 radical (unpaired) electrons. The fraction of sp³-hybridized carbons (Fsp3) is 0. The zero-order valence-electron chi connectivity index (χ0n) is 25.7. The lowest BCUT2D eigenvalue weighted by molar-refractivity contribution is 0.100. The van der Waals surface area contributed by atoms with Gasteiger partial charge in [0.25, 0.3) is 0 Å². The molecule has 0 amide bonds. The van der Waals surface area contributed by atoms with Crippen molar-refractivity contribution >= 4 is 34.8 Å². The summed E-state index contributed by atoms with van der Waals surface area (Å²) in [7, 11) is 0. The Hall–Kier alpha value is -5.54. The topological polar surface area (TPSA) is 34.1 Å². The summed E-state index contributed by atoms with van der Waals surface area (Å²) in [6.07, 6.45) is 0. The summed E-state index contributed by atoms with van der Waals surface area (Å²) >= 11 is 13.5. The van der Waals surface area contributed by atoms with Crippen molar-refractivity contribution in [1.82, 2.24) is 0 Å². The van der Waals surface area contributed by atoms with E-state index in [0.29, 0.717) is 11.1 Å². The van der Waals surface area contributed by atoms with Crippen molar-refractivity contribution in [3.63, 3.8) is 0 Å². The molecule has 4 heteroatoms. The lowest BCUT2D eigenvalue weighted by atomic mass is 9.78. The lowest BCUT2D eigenvalue weighted by Crippen LogP contribution is -2.14. The van der Waals surface area contributed by atoms with Gasteiger partial charge in [0.05, 0.1) is 15.6 Å². The van der Waals surface area contributed by atoms with E-state index in [0.717, 1.165) is 44.5 Å². The number of carbonyl (C=O) groups excluding carboxylic acids is 2. The third kappa shape index (κ3) is 5.89. The van der Waals surface area contributed by atoms with Crippen molar-refractivity contribution in [3.05, 3.63) is 202 Å². The second kappa shape index (κ2) is 13.7. The van der Waals surface area contributed by atoms with E-state index < -0.39 is 5.78 Å². The average Bonchev–Trinajstić information content (AvgIpc) is 3.16. The first-order chi connectivity index (χ1) is 23.5. The smallest absolute Gasteiger partial charge is 0.195 e. The minimum Gasteiger partial charge on any atom is -0.289 e. The standard InChI is InChI=1S/C44H28Cl2O2/c45-37-27-26-34(43(47)33-24-14-5-15-25-33)41(42(37)46)44(48)36-28-35(29-16-6-1-7-17-29)38(30-18-8-2-9-19-30)40(32-22-12-4-13-23-32)39(36)31-20-10-3-11-21-31/h1-28H. The summed E-state index contributed by atoms with van der Waals surface area (Å²) in [5.74, 6) is -0.708. The van der Waals surface area contributed by atoms with Gasteiger partial charge in [-0.25, -0.2) is 0 Å². The van der Waals surface area contributed by atoms with Crippen LogP contribution in [0.5, 0.6) is 0 Å². The van der Waals surface area contributed by atoms with Gasteiger partial charge < -0.3 is 0 Å². The summed E-state index contributed by atoms with van der Waals surface area (Å²) in [6, 6.07) is 54.2. The highest BCUT2D eigenvalue weighted by Crippen LogP contribution is 2.48. The van der Waals surface area contributed by atoms with E-state index in [4.69, 9.17) is 23.2 Å². The van der Waals surface area contributed by atoms with Crippen molar-refractivity contribution in [1.29, 1.82) is 0 Å². The van der Waals surface area contributed by atoms with Crippen molar-refractivity contribution in [2.24, 2.45) is 0 Å². The Kier molecular flexibility index (Phi) is 8.85. The summed E-state index contributed by atoms with van der Waals surface area (Å²) in [5.41, 5.74) is 8.35. The van der Waals surface area contributed by atoms with E-state index in [1.54, 1.807) is 36.4 Å². The number of hydrogen-bond donors (Lipinski definition) is 0. The van der Waals surface area contributed by atoms with Crippen LogP contribution in [-0.4, -0.2) is 11.6 Å². The minimum absolute atomic E-state index is 0.0390. The molecule has 0 unspecified atom stereocenters. The van der Waals surface area contributed by atoms with Crippen molar-refractivity contribution < 1.29 is 9.59 Å². The van der Waals surface area contributed by atoms with E-state index in [-0.39, 0.29) is 27.0 Å². The maximum atomic E-state index is 15.3. The van der Waals surface area contributed by atoms with Gasteiger partial charge in [-0.1, -0.05) is 175 Å². The van der Waals surface area contributed by atoms with E-state index in [2.05, 4.69) is 24.3 Å². The second-order valence-corrected chi connectivity index (χ2v) is 12.2. The maximum Gasteiger partial charge on any atom is 0.195 e. The van der Waals surface area contributed by atoms with E-state index in [1.165, 1.54) is 0 Å². The number of halogens is 2. The Labute approximate surface area is 289 Å². The van der Waals surface area contributed by atoms with Crippen molar-refractivity contribution in [3.8, 4) is 44.5 Å². The summed E-state index contributed by atoms with van der Waals surface area (Å²) in [6.45, 7) is 0. The lowest BCUT2D eigenvalue weighted by Gasteiger charge is -2.24. The Bertz CT molecular complexity index is 2250. The third-order valence-electron chi connectivity index (χ3n) is 8.45. The minimum atomic E-state index is -0.394. The Morgan fingerprint density at radius 1 is 0.396 bits per heavy atom. The molecule has 7 rings (SSSR count). The highest BCUT2D eigenvalue weighted by molar-refractivity contribution is 6.45.